The molecule has 0 aliphatic heterocycles. The summed E-state index contributed by atoms with van der Waals surface area (Å²) in [5, 5.41) is 0. The smallest absolute Gasteiger partial charge is 0.262 e. The molecule has 0 N–H and O–H groups in total. The number of aliphatic imine (C=N–C) groups is 1. The normalized spacial score (nSPS) is 10.1. The van der Waals surface area contributed by atoms with Crippen molar-refractivity contribution in [2.75, 3.05) is 14.2 Å². The molecule has 0 unspecified atom stereocenters. The van der Waals surface area contributed by atoms with Crippen molar-refractivity contribution in [3.05, 3.63) is 93.4 Å². The lowest BCUT2D eigenvalue weighted by atomic mass is 10.2. The molecule has 0 saturated carbocycles. The summed E-state index contributed by atoms with van der Waals surface area (Å²) >= 11 is 6.68. The summed E-state index contributed by atoms with van der Waals surface area (Å²) in [5.41, 5.74) is 1.28. The van der Waals surface area contributed by atoms with Gasteiger partial charge in [0.1, 0.15) is 5.75 Å². The second kappa shape index (κ2) is 11.4. The maximum Gasteiger partial charge on any atom is 0.262 e. The molecule has 3 rings (SSSR count). The number of benzene rings is 3. The van der Waals surface area contributed by atoms with Crippen molar-refractivity contribution in [2.24, 2.45) is 4.99 Å². The molecule has 0 aromatic heterocycles. The Labute approximate surface area is 182 Å². The fraction of sp³-hybridized carbons (Fsp3) is 0.0909. The first-order valence-corrected chi connectivity index (χ1v) is 10.0. The largest absolute Gasteiger partial charge is 0.496 e. The number of hydrogen-bond acceptors (Lipinski definition) is 3. The second-order valence-corrected chi connectivity index (χ2v) is 7.46. The molecule has 0 saturated heterocycles. The molecule has 4 nitrogen and oxygen atoms in total. The topological polar surface area (TPSA) is 41.9 Å². The SMILES string of the molecule is Brc1ccccc1.COc1ccccc1C(=O)N(C)C=Nc1ccc(Br)cc1. The molecule has 0 bridgehead atoms. The van der Waals surface area contributed by atoms with Crippen molar-refractivity contribution < 1.29 is 9.53 Å². The number of rotatable bonds is 4. The van der Waals surface area contributed by atoms with Gasteiger partial charge in [0.25, 0.3) is 5.91 Å². The Kier molecular flexibility index (Phi) is 8.91. The minimum absolute atomic E-state index is 0.173. The summed E-state index contributed by atoms with van der Waals surface area (Å²) in [4.78, 5) is 18.0. The van der Waals surface area contributed by atoms with Crippen LogP contribution in [0.15, 0.2) is 92.8 Å². The van der Waals surface area contributed by atoms with E-state index >= 15 is 0 Å². The number of carbonyl (C=O) groups excluding carboxylic acids is 1. The first-order valence-electron chi connectivity index (χ1n) is 8.41. The Morgan fingerprint density at radius 1 is 0.893 bits per heavy atom. The molecular formula is C22H20Br2N2O2. The molecule has 0 aliphatic rings. The molecule has 6 heteroatoms. The minimum Gasteiger partial charge on any atom is -0.496 e. The monoisotopic (exact) mass is 502 g/mol. The van der Waals surface area contributed by atoms with Crippen molar-refractivity contribution in [1.82, 2.24) is 4.90 Å². The number of methoxy groups -OCH3 is 1. The molecule has 3 aromatic carbocycles. The van der Waals surface area contributed by atoms with Crippen molar-refractivity contribution in [3.8, 4) is 5.75 Å². The second-order valence-electron chi connectivity index (χ2n) is 5.63. The number of hydrogen-bond donors (Lipinski definition) is 0. The van der Waals surface area contributed by atoms with E-state index < -0.39 is 0 Å². The van der Waals surface area contributed by atoms with Gasteiger partial charge in [-0.1, -0.05) is 62.2 Å². The molecule has 144 valence electrons. The van der Waals surface area contributed by atoms with Gasteiger partial charge >= 0.3 is 0 Å². The van der Waals surface area contributed by atoms with E-state index in [1.807, 2.05) is 60.7 Å². The lowest BCUT2D eigenvalue weighted by Crippen LogP contribution is -2.25. The highest BCUT2D eigenvalue weighted by molar-refractivity contribution is 9.10. The summed E-state index contributed by atoms with van der Waals surface area (Å²) in [6.45, 7) is 0. The quantitative estimate of drug-likeness (QED) is 0.308. The number of amides is 1. The van der Waals surface area contributed by atoms with Crippen LogP contribution in [0.5, 0.6) is 5.75 Å². The number of ether oxygens (including phenoxy) is 1. The maximum absolute atomic E-state index is 12.3. The van der Waals surface area contributed by atoms with Gasteiger partial charge in [0.15, 0.2) is 0 Å². The molecule has 0 spiro atoms. The number of para-hydroxylation sites is 1. The van der Waals surface area contributed by atoms with Gasteiger partial charge in [-0.05, 0) is 48.5 Å². The minimum atomic E-state index is -0.173. The van der Waals surface area contributed by atoms with Crippen molar-refractivity contribution in [2.45, 2.75) is 0 Å². The van der Waals surface area contributed by atoms with E-state index in [9.17, 15) is 4.79 Å². The van der Waals surface area contributed by atoms with Crippen molar-refractivity contribution in [3.63, 3.8) is 0 Å². The maximum atomic E-state index is 12.3. The molecule has 28 heavy (non-hydrogen) atoms. The van der Waals surface area contributed by atoms with Crippen LogP contribution in [0.3, 0.4) is 0 Å². The molecule has 1 amide bonds. The number of nitrogens with zero attached hydrogens (tertiary/aromatic N) is 2. The molecule has 0 heterocycles. The van der Waals surface area contributed by atoms with E-state index in [0.717, 1.165) is 14.6 Å². The van der Waals surface area contributed by atoms with Crippen LogP contribution < -0.4 is 4.74 Å². The fourth-order valence-electron chi connectivity index (χ4n) is 2.16. The van der Waals surface area contributed by atoms with E-state index in [2.05, 4.69) is 36.9 Å². The van der Waals surface area contributed by atoms with Gasteiger partial charge in [0.2, 0.25) is 0 Å². The highest BCUT2D eigenvalue weighted by Crippen LogP contribution is 2.19. The summed E-state index contributed by atoms with van der Waals surface area (Å²) in [6.07, 6.45) is 1.50. The Balaban J connectivity index is 0.000000336. The van der Waals surface area contributed by atoms with Gasteiger partial charge in [-0.15, -0.1) is 0 Å². The average Bonchev–Trinajstić information content (AvgIpc) is 2.73. The summed E-state index contributed by atoms with van der Waals surface area (Å²) in [5.74, 6) is 0.375. The third-order valence-electron chi connectivity index (χ3n) is 3.60. The van der Waals surface area contributed by atoms with Crippen molar-refractivity contribution >= 4 is 49.8 Å². The fourth-order valence-corrected chi connectivity index (χ4v) is 2.73. The first kappa shape index (κ1) is 21.9. The third kappa shape index (κ3) is 6.94. The highest BCUT2D eigenvalue weighted by Gasteiger charge is 2.14. The zero-order valence-corrected chi connectivity index (χ0v) is 18.7. The standard InChI is InChI=1S/C16H15BrN2O2.C6H5Br/c1-19(11-18-13-9-7-12(17)8-10-13)16(20)14-5-3-4-6-15(14)21-2;7-6-4-2-1-3-5-6/h3-11H,1-2H3;1-5H. The van der Waals surface area contributed by atoms with Crippen LogP contribution in [0, 0.1) is 0 Å². The van der Waals surface area contributed by atoms with Crippen molar-refractivity contribution in [1.29, 1.82) is 0 Å². The average molecular weight is 504 g/mol. The Morgan fingerprint density at radius 2 is 1.46 bits per heavy atom. The molecule has 0 aliphatic carbocycles. The van der Waals surface area contributed by atoms with Gasteiger partial charge in [-0.2, -0.15) is 0 Å². The molecule has 0 radical (unpaired) electrons. The van der Waals surface area contributed by atoms with Crippen LogP contribution in [-0.4, -0.2) is 31.3 Å². The summed E-state index contributed by atoms with van der Waals surface area (Å²) < 4.78 is 7.32. The van der Waals surface area contributed by atoms with E-state index in [1.54, 1.807) is 32.4 Å². The van der Waals surface area contributed by atoms with Gasteiger partial charge in [-0.25, -0.2) is 4.99 Å². The van der Waals surface area contributed by atoms with Crippen LogP contribution in [0.4, 0.5) is 5.69 Å². The van der Waals surface area contributed by atoms with Gasteiger partial charge in [-0.3, -0.25) is 4.79 Å². The highest BCUT2D eigenvalue weighted by atomic mass is 79.9. The van der Waals surface area contributed by atoms with Crippen LogP contribution in [-0.2, 0) is 0 Å². The van der Waals surface area contributed by atoms with Crippen LogP contribution in [0.25, 0.3) is 0 Å². The number of halogens is 2. The predicted octanol–water partition coefficient (Wildman–Crippen LogP) is 6.34. The van der Waals surface area contributed by atoms with E-state index in [0.29, 0.717) is 11.3 Å². The predicted molar refractivity (Wildman–Crippen MR) is 122 cm³/mol. The molecular weight excluding hydrogens is 484 g/mol. The van der Waals surface area contributed by atoms with Gasteiger partial charge < -0.3 is 9.64 Å². The van der Waals surface area contributed by atoms with Gasteiger partial charge in [0, 0.05) is 16.0 Å². The molecule has 0 atom stereocenters. The Morgan fingerprint density at radius 3 is 2.04 bits per heavy atom. The van der Waals surface area contributed by atoms with Crippen LogP contribution >= 0.6 is 31.9 Å². The lowest BCUT2D eigenvalue weighted by Gasteiger charge is -2.13. The van der Waals surface area contributed by atoms with E-state index in [1.165, 1.54) is 11.2 Å². The summed E-state index contributed by atoms with van der Waals surface area (Å²) in [6, 6.07) is 24.6. The zero-order valence-electron chi connectivity index (χ0n) is 15.5. The third-order valence-corrected chi connectivity index (χ3v) is 4.65. The Hall–Kier alpha value is -2.44. The van der Waals surface area contributed by atoms with E-state index in [4.69, 9.17) is 4.74 Å². The van der Waals surface area contributed by atoms with Gasteiger partial charge in [0.05, 0.1) is 24.7 Å². The van der Waals surface area contributed by atoms with E-state index in [-0.39, 0.29) is 5.91 Å². The first-order chi connectivity index (χ1) is 13.5. The Bertz CT molecular complexity index is 913. The zero-order chi connectivity index (χ0) is 20.4. The lowest BCUT2D eigenvalue weighted by molar-refractivity contribution is 0.0872. The summed E-state index contributed by atoms with van der Waals surface area (Å²) in [7, 11) is 3.21. The molecule has 3 aromatic rings. The van der Waals surface area contributed by atoms with Crippen LogP contribution in [0.2, 0.25) is 0 Å². The molecule has 0 fully saturated rings. The number of carbonyl (C=O) groups is 1. The van der Waals surface area contributed by atoms with Crippen LogP contribution in [0.1, 0.15) is 10.4 Å².